The van der Waals surface area contributed by atoms with Crippen LogP contribution in [0.2, 0.25) is 5.02 Å². The van der Waals surface area contributed by atoms with E-state index in [1.54, 1.807) is 18.2 Å². The zero-order valence-corrected chi connectivity index (χ0v) is 14.7. The van der Waals surface area contributed by atoms with Gasteiger partial charge in [-0.2, -0.15) is 0 Å². The first-order valence-corrected chi connectivity index (χ1v) is 9.35. The van der Waals surface area contributed by atoms with Gasteiger partial charge in [-0.1, -0.05) is 23.7 Å². The molecule has 0 atom stereocenters. The van der Waals surface area contributed by atoms with Crippen molar-refractivity contribution in [3.8, 4) is 0 Å². The Bertz CT molecular complexity index is 747. The molecule has 130 valence electrons. The molecule has 0 unspecified atom stereocenters. The van der Waals surface area contributed by atoms with E-state index < -0.39 is 16.8 Å². The van der Waals surface area contributed by atoms with Gasteiger partial charge in [0.1, 0.15) is 11.5 Å². The van der Waals surface area contributed by atoms with E-state index in [2.05, 4.69) is 5.32 Å². The summed E-state index contributed by atoms with van der Waals surface area (Å²) in [5, 5.41) is 3.29. The van der Waals surface area contributed by atoms with Crippen molar-refractivity contribution in [1.29, 1.82) is 0 Å². The summed E-state index contributed by atoms with van der Waals surface area (Å²) in [5.74, 6) is -0.602. The van der Waals surface area contributed by atoms with Crippen LogP contribution in [0, 0.1) is 5.82 Å². The van der Waals surface area contributed by atoms with E-state index in [1.165, 1.54) is 26.8 Å². The highest BCUT2D eigenvalue weighted by molar-refractivity contribution is 8.27. The van der Waals surface area contributed by atoms with Crippen LogP contribution in [-0.2, 0) is 0 Å². The molecule has 0 saturated carbocycles. The highest BCUT2D eigenvalue weighted by Gasteiger charge is 2.42. The van der Waals surface area contributed by atoms with Gasteiger partial charge < -0.3 is 5.32 Å². The lowest BCUT2D eigenvalue weighted by atomic mass is 10.2. The smallest absolute Gasteiger partial charge is 0.150 e. The lowest BCUT2D eigenvalue weighted by molar-refractivity contribution is 0.482. The molecule has 0 spiro atoms. The molecule has 0 radical (unpaired) electrons. The third-order valence-corrected chi connectivity index (χ3v) is 5.92. The van der Waals surface area contributed by atoms with Crippen LogP contribution in [0.1, 0.15) is 6.42 Å². The van der Waals surface area contributed by atoms with Gasteiger partial charge in [-0.3, -0.25) is 13.4 Å². The maximum absolute atomic E-state index is 14.4. The number of para-hydroxylation sites is 2. The van der Waals surface area contributed by atoms with Crippen LogP contribution in [0.3, 0.4) is 0 Å². The van der Waals surface area contributed by atoms with Gasteiger partial charge in [-0.05, 0) is 61.3 Å². The fraction of sp³-hybridized carbons (Fsp3) is 0.250. The van der Waals surface area contributed by atoms with Crippen molar-refractivity contribution in [2.24, 2.45) is 0 Å². The molecule has 8 heteroatoms. The first-order chi connectivity index (χ1) is 11.5. The molecule has 0 fully saturated rings. The average Bonchev–Trinajstić information content (AvgIpc) is 2.76. The summed E-state index contributed by atoms with van der Waals surface area (Å²) >= 11 is 5.81. The fourth-order valence-electron chi connectivity index (χ4n) is 2.76. The van der Waals surface area contributed by atoms with Crippen LogP contribution < -0.4 is 13.9 Å². The Morgan fingerprint density at radius 2 is 1.83 bits per heavy atom. The van der Waals surface area contributed by atoms with Gasteiger partial charge >= 0.3 is 0 Å². The first kappa shape index (κ1) is 17.3. The SMILES string of the molecule is CNCCCN1c2ccccc2N(c2ccc(Cl)cc2F)S1(O)O. The second-order valence-electron chi connectivity index (χ2n) is 5.43. The number of nitrogens with zero attached hydrogens (tertiary/aromatic N) is 2. The van der Waals surface area contributed by atoms with Gasteiger partial charge in [0.05, 0.1) is 11.4 Å². The summed E-state index contributed by atoms with van der Waals surface area (Å²) in [6.07, 6.45) is 0.720. The zero-order valence-electron chi connectivity index (χ0n) is 13.1. The molecule has 1 aliphatic rings. The summed E-state index contributed by atoms with van der Waals surface area (Å²) in [4.78, 5) is 0. The maximum atomic E-state index is 14.4. The second-order valence-corrected chi connectivity index (χ2v) is 7.65. The monoisotopic (exact) mass is 371 g/mol. The molecule has 0 aromatic heterocycles. The number of hydrogen-bond donors (Lipinski definition) is 3. The van der Waals surface area contributed by atoms with E-state index >= 15 is 0 Å². The van der Waals surface area contributed by atoms with Crippen LogP contribution in [0.15, 0.2) is 42.5 Å². The van der Waals surface area contributed by atoms with Gasteiger partial charge in [0.2, 0.25) is 0 Å². The van der Waals surface area contributed by atoms with Crippen LogP contribution in [-0.4, -0.2) is 29.2 Å². The first-order valence-electron chi connectivity index (χ1n) is 7.51. The van der Waals surface area contributed by atoms with Crippen molar-refractivity contribution in [3.63, 3.8) is 0 Å². The standard InChI is InChI=1S/C16H19ClFN3O2S/c1-19-9-4-10-20-15-5-2-3-6-16(15)21(24(20,22)23)14-8-7-12(17)11-13(14)18/h2-3,5-8,11,19,22-23H,4,9-10H2,1H3. The predicted octanol–water partition coefficient (Wildman–Crippen LogP) is 4.63. The van der Waals surface area contributed by atoms with Gasteiger partial charge in [0, 0.05) is 11.6 Å². The number of rotatable bonds is 5. The van der Waals surface area contributed by atoms with Crippen LogP contribution in [0.25, 0.3) is 0 Å². The van der Waals surface area contributed by atoms with Crippen molar-refractivity contribution >= 4 is 39.6 Å². The Morgan fingerprint density at radius 1 is 1.12 bits per heavy atom. The largest absolute Gasteiger partial charge is 0.320 e. The number of hydrogen-bond acceptors (Lipinski definition) is 5. The van der Waals surface area contributed by atoms with Crippen molar-refractivity contribution < 1.29 is 13.5 Å². The molecule has 1 heterocycles. The van der Waals surface area contributed by atoms with Gasteiger partial charge in [0.25, 0.3) is 0 Å². The van der Waals surface area contributed by atoms with E-state index in [0.29, 0.717) is 17.9 Å². The quantitative estimate of drug-likeness (QED) is 0.669. The molecule has 5 nitrogen and oxygen atoms in total. The average molecular weight is 372 g/mol. The molecule has 3 rings (SSSR count). The molecule has 2 aromatic rings. The normalized spacial score (nSPS) is 17.0. The van der Waals surface area contributed by atoms with E-state index in [1.807, 2.05) is 13.1 Å². The molecule has 0 saturated heterocycles. The molecule has 0 bridgehead atoms. The number of anilines is 3. The number of benzene rings is 2. The van der Waals surface area contributed by atoms with Crippen molar-refractivity contribution in [3.05, 3.63) is 53.3 Å². The molecule has 0 aliphatic carbocycles. The Balaban J connectivity index is 2.06. The Labute approximate surface area is 147 Å². The highest BCUT2D eigenvalue weighted by Crippen LogP contribution is 2.64. The summed E-state index contributed by atoms with van der Waals surface area (Å²) < 4.78 is 38.9. The van der Waals surface area contributed by atoms with Gasteiger partial charge in [-0.25, -0.2) is 8.70 Å². The minimum Gasteiger partial charge on any atom is -0.320 e. The van der Waals surface area contributed by atoms with E-state index in [4.69, 9.17) is 11.6 Å². The van der Waals surface area contributed by atoms with Crippen LogP contribution >= 0.6 is 22.6 Å². The molecule has 3 N–H and O–H groups in total. The van der Waals surface area contributed by atoms with Crippen molar-refractivity contribution in [2.45, 2.75) is 6.42 Å². The fourth-order valence-corrected chi connectivity index (χ4v) is 4.74. The molecule has 2 aromatic carbocycles. The second kappa shape index (κ2) is 6.78. The topological polar surface area (TPSA) is 59.0 Å². The van der Waals surface area contributed by atoms with Crippen molar-refractivity contribution in [2.75, 3.05) is 28.7 Å². The van der Waals surface area contributed by atoms with E-state index in [9.17, 15) is 13.5 Å². The Kier molecular flexibility index (Phi) is 4.89. The van der Waals surface area contributed by atoms with Crippen LogP contribution in [0.4, 0.5) is 21.5 Å². The number of halogens is 2. The van der Waals surface area contributed by atoms with Crippen LogP contribution in [0.5, 0.6) is 0 Å². The third-order valence-electron chi connectivity index (χ3n) is 3.83. The van der Waals surface area contributed by atoms with E-state index in [-0.39, 0.29) is 10.7 Å². The molecular formula is C16H19ClFN3O2S. The molecule has 24 heavy (non-hydrogen) atoms. The maximum Gasteiger partial charge on any atom is 0.150 e. The summed E-state index contributed by atoms with van der Waals surface area (Å²) in [6, 6.07) is 11.3. The lowest BCUT2D eigenvalue weighted by Gasteiger charge is -2.43. The van der Waals surface area contributed by atoms with Gasteiger partial charge in [0.15, 0.2) is 0 Å². The molecular weight excluding hydrogens is 353 g/mol. The number of nitrogens with one attached hydrogen (secondary N) is 1. The predicted molar refractivity (Wildman–Crippen MR) is 98.7 cm³/mol. The third kappa shape index (κ3) is 2.94. The highest BCUT2D eigenvalue weighted by atomic mass is 35.5. The number of fused-ring (bicyclic) bond motifs is 1. The van der Waals surface area contributed by atoms with Gasteiger partial charge in [-0.15, -0.1) is 0 Å². The Morgan fingerprint density at radius 3 is 2.50 bits per heavy atom. The molecule has 1 aliphatic heterocycles. The minimum atomic E-state index is -3.40. The van der Waals surface area contributed by atoms with Crippen molar-refractivity contribution in [1.82, 2.24) is 5.32 Å². The summed E-state index contributed by atoms with van der Waals surface area (Å²) in [5.41, 5.74) is 1.31. The summed E-state index contributed by atoms with van der Waals surface area (Å²) in [6.45, 7) is 1.18. The summed E-state index contributed by atoms with van der Waals surface area (Å²) in [7, 11) is -1.56. The minimum absolute atomic E-state index is 0.0861. The molecule has 0 amide bonds. The lowest BCUT2D eigenvalue weighted by Crippen LogP contribution is -2.33. The van der Waals surface area contributed by atoms with E-state index in [0.717, 1.165) is 13.0 Å². The Hall–Kier alpha value is -1.51. The zero-order chi connectivity index (χ0) is 17.3.